The molecule has 66 valence electrons. The molecule has 0 aliphatic carbocycles. The van der Waals surface area contributed by atoms with Crippen LogP contribution in [0.1, 0.15) is 39.5 Å². The molecule has 0 aromatic rings. The van der Waals surface area contributed by atoms with Gasteiger partial charge in [-0.1, -0.05) is 37.9 Å². The molecule has 0 aliphatic heterocycles. The summed E-state index contributed by atoms with van der Waals surface area (Å²) in [6.07, 6.45) is 4.10. The third-order valence-electron chi connectivity index (χ3n) is 1.51. The van der Waals surface area contributed by atoms with E-state index in [1.54, 1.807) is 0 Å². The highest BCUT2D eigenvalue weighted by Gasteiger charge is 2.04. The molecule has 0 aliphatic rings. The molecule has 1 atom stereocenters. The smallest absolute Gasteiger partial charge is 0.105 e. The minimum Gasteiger partial charge on any atom is -0.247 e. The van der Waals surface area contributed by atoms with E-state index in [0.717, 1.165) is 12.8 Å². The number of alkyl halides is 1. The van der Waals surface area contributed by atoms with Crippen molar-refractivity contribution in [3.05, 3.63) is 11.1 Å². The van der Waals surface area contributed by atoms with Crippen molar-refractivity contribution in [2.75, 3.05) is 0 Å². The Morgan fingerprint density at radius 1 is 1.55 bits per heavy atom. The van der Waals surface area contributed by atoms with E-state index in [4.69, 9.17) is 11.6 Å². The maximum Gasteiger partial charge on any atom is 0.105 e. The summed E-state index contributed by atoms with van der Waals surface area (Å²) >= 11 is 5.75. The van der Waals surface area contributed by atoms with Crippen molar-refractivity contribution >= 4 is 11.6 Å². The third kappa shape index (κ3) is 6.36. The van der Waals surface area contributed by atoms with E-state index in [-0.39, 0.29) is 0 Å². The van der Waals surface area contributed by atoms with Crippen LogP contribution in [0, 0.1) is 0 Å². The summed E-state index contributed by atoms with van der Waals surface area (Å²) in [6, 6.07) is 0. The molecule has 0 radical (unpaired) electrons. The van der Waals surface area contributed by atoms with E-state index >= 15 is 0 Å². The lowest BCUT2D eigenvalue weighted by molar-refractivity contribution is 0.325. The maximum absolute atomic E-state index is 12.7. The molecule has 0 aromatic heterocycles. The van der Waals surface area contributed by atoms with E-state index in [0.29, 0.717) is 17.9 Å². The van der Waals surface area contributed by atoms with Gasteiger partial charge in [-0.15, -0.1) is 0 Å². The molecule has 0 saturated carbocycles. The van der Waals surface area contributed by atoms with Crippen LogP contribution in [0.5, 0.6) is 0 Å². The Bertz CT molecular complexity index is 121. The predicted octanol–water partition coefficient (Wildman–Crippen LogP) is 4.05. The summed E-state index contributed by atoms with van der Waals surface area (Å²) in [6.45, 7) is 3.90. The van der Waals surface area contributed by atoms with Crippen LogP contribution in [0.2, 0.25) is 0 Å². The van der Waals surface area contributed by atoms with Crippen LogP contribution in [0.3, 0.4) is 0 Å². The lowest BCUT2D eigenvalue weighted by Crippen LogP contribution is -1.96. The van der Waals surface area contributed by atoms with Crippen molar-refractivity contribution in [3.63, 3.8) is 0 Å². The summed E-state index contributed by atoms with van der Waals surface area (Å²) in [5, 5.41) is 0.668. The summed E-state index contributed by atoms with van der Waals surface area (Å²) < 4.78 is 12.7. The number of hydrogen-bond acceptors (Lipinski definition) is 0. The van der Waals surface area contributed by atoms with Crippen LogP contribution in [-0.2, 0) is 0 Å². The lowest BCUT2D eigenvalue weighted by Gasteiger charge is -2.02. The lowest BCUT2D eigenvalue weighted by atomic mass is 10.2. The standard InChI is InChI=1S/C9H16ClF/c1-3-5-6-8(10)7-9(11)4-2/h6,9H,3-5,7H2,1-2H3. The summed E-state index contributed by atoms with van der Waals surface area (Å²) in [5.41, 5.74) is 0. The number of halogens is 2. The fourth-order valence-electron chi connectivity index (χ4n) is 0.740. The molecule has 1 unspecified atom stereocenters. The van der Waals surface area contributed by atoms with Crippen molar-refractivity contribution < 1.29 is 4.39 Å². The minimum atomic E-state index is -0.768. The Morgan fingerprint density at radius 2 is 2.18 bits per heavy atom. The van der Waals surface area contributed by atoms with Gasteiger partial charge < -0.3 is 0 Å². The first-order valence-electron chi connectivity index (χ1n) is 4.19. The highest BCUT2D eigenvalue weighted by atomic mass is 35.5. The maximum atomic E-state index is 12.7. The van der Waals surface area contributed by atoms with Gasteiger partial charge in [-0.3, -0.25) is 0 Å². The Hall–Kier alpha value is -0.0400. The van der Waals surface area contributed by atoms with E-state index in [1.165, 1.54) is 0 Å². The number of unbranched alkanes of at least 4 members (excludes halogenated alkanes) is 1. The van der Waals surface area contributed by atoms with Crippen LogP contribution in [0.15, 0.2) is 11.1 Å². The van der Waals surface area contributed by atoms with Crippen molar-refractivity contribution in [1.29, 1.82) is 0 Å². The first kappa shape index (κ1) is 11.0. The van der Waals surface area contributed by atoms with Crippen molar-refractivity contribution in [3.8, 4) is 0 Å². The Kier molecular flexibility index (Phi) is 6.63. The van der Waals surface area contributed by atoms with Crippen molar-refractivity contribution in [2.45, 2.75) is 45.7 Å². The van der Waals surface area contributed by atoms with Gasteiger partial charge in [0.15, 0.2) is 0 Å². The highest BCUT2D eigenvalue weighted by molar-refractivity contribution is 6.29. The monoisotopic (exact) mass is 178 g/mol. The molecule has 0 aromatic carbocycles. The normalized spacial score (nSPS) is 15.1. The highest BCUT2D eigenvalue weighted by Crippen LogP contribution is 2.15. The van der Waals surface area contributed by atoms with Crippen LogP contribution in [0.25, 0.3) is 0 Å². The van der Waals surface area contributed by atoms with Crippen LogP contribution in [0.4, 0.5) is 4.39 Å². The van der Waals surface area contributed by atoms with Gasteiger partial charge in [-0.25, -0.2) is 4.39 Å². The van der Waals surface area contributed by atoms with Crippen molar-refractivity contribution in [2.24, 2.45) is 0 Å². The zero-order valence-corrected chi connectivity index (χ0v) is 7.99. The molecule has 0 saturated heterocycles. The molecule has 0 rings (SSSR count). The minimum absolute atomic E-state index is 0.387. The Labute approximate surface area is 73.4 Å². The molecule has 0 fully saturated rings. The summed E-state index contributed by atoms with van der Waals surface area (Å²) in [7, 11) is 0. The molecule has 0 bridgehead atoms. The molecule has 11 heavy (non-hydrogen) atoms. The fourth-order valence-corrected chi connectivity index (χ4v) is 1.02. The van der Waals surface area contributed by atoms with Gasteiger partial charge in [0.1, 0.15) is 6.17 Å². The van der Waals surface area contributed by atoms with Gasteiger partial charge in [0.25, 0.3) is 0 Å². The number of rotatable bonds is 5. The molecule has 0 spiro atoms. The average Bonchev–Trinajstić information content (AvgIpc) is 2.00. The Morgan fingerprint density at radius 3 is 2.64 bits per heavy atom. The second-order valence-electron chi connectivity index (χ2n) is 2.65. The second-order valence-corrected chi connectivity index (χ2v) is 3.13. The van der Waals surface area contributed by atoms with E-state index in [1.807, 2.05) is 13.0 Å². The molecular weight excluding hydrogens is 163 g/mol. The average molecular weight is 179 g/mol. The van der Waals surface area contributed by atoms with E-state index < -0.39 is 6.17 Å². The SMILES string of the molecule is CCCC=C(Cl)CC(F)CC. The zero-order chi connectivity index (χ0) is 8.69. The zero-order valence-electron chi connectivity index (χ0n) is 7.24. The molecule has 0 N–H and O–H groups in total. The van der Waals surface area contributed by atoms with Gasteiger partial charge in [0, 0.05) is 11.5 Å². The predicted molar refractivity (Wildman–Crippen MR) is 48.6 cm³/mol. The number of allylic oxidation sites excluding steroid dienone is 2. The first-order valence-corrected chi connectivity index (χ1v) is 4.57. The fraction of sp³-hybridized carbons (Fsp3) is 0.778. The second kappa shape index (κ2) is 6.66. The van der Waals surface area contributed by atoms with E-state index in [9.17, 15) is 4.39 Å². The quantitative estimate of drug-likeness (QED) is 0.596. The topological polar surface area (TPSA) is 0 Å². The van der Waals surface area contributed by atoms with Gasteiger partial charge in [-0.05, 0) is 12.8 Å². The van der Waals surface area contributed by atoms with Crippen LogP contribution in [-0.4, -0.2) is 6.17 Å². The van der Waals surface area contributed by atoms with Crippen LogP contribution < -0.4 is 0 Å². The third-order valence-corrected chi connectivity index (χ3v) is 1.82. The molecule has 2 heteroatoms. The number of hydrogen-bond donors (Lipinski definition) is 0. The molecule has 0 nitrogen and oxygen atoms in total. The molecule has 0 heterocycles. The largest absolute Gasteiger partial charge is 0.247 e. The van der Waals surface area contributed by atoms with E-state index in [2.05, 4.69) is 6.92 Å². The summed E-state index contributed by atoms with van der Waals surface area (Å²) in [5.74, 6) is 0. The molecule has 0 amide bonds. The van der Waals surface area contributed by atoms with Crippen molar-refractivity contribution in [1.82, 2.24) is 0 Å². The van der Waals surface area contributed by atoms with Gasteiger partial charge >= 0.3 is 0 Å². The first-order chi connectivity index (χ1) is 5.20. The van der Waals surface area contributed by atoms with Crippen LogP contribution >= 0.6 is 11.6 Å². The Balaban J connectivity index is 3.57. The van der Waals surface area contributed by atoms with Gasteiger partial charge in [0.05, 0.1) is 0 Å². The van der Waals surface area contributed by atoms with Gasteiger partial charge in [-0.2, -0.15) is 0 Å². The molecular formula is C9H16ClF. The summed E-state index contributed by atoms with van der Waals surface area (Å²) in [4.78, 5) is 0. The van der Waals surface area contributed by atoms with Gasteiger partial charge in [0.2, 0.25) is 0 Å².